The fourth-order valence-electron chi connectivity index (χ4n) is 6.91. The molecule has 1 aromatic heterocycles. The molecule has 0 N–H and O–H groups in total. The Labute approximate surface area is 254 Å². The van der Waals surface area contributed by atoms with E-state index in [1.165, 1.54) is 85.9 Å². The van der Waals surface area contributed by atoms with E-state index < -0.39 is 0 Å². The molecule has 0 bridgehead atoms. The highest BCUT2D eigenvalue weighted by atomic mass is 32.1. The van der Waals surface area contributed by atoms with Crippen molar-refractivity contribution in [3.05, 3.63) is 158 Å². The highest BCUT2D eigenvalue weighted by molar-refractivity contribution is 7.26. The number of benzene rings is 8. The Kier molecular flexibility index (Phi) is 5.47. The molecule has 0 fully saturated rings. The molecule has 0 aliphatic carbocycles. The molecule has 43 heavy (non-hydrogen) atoms. The molecule has 9 rings (SSSR count). The van der Waals surface area contributed by atoms with E-state index in [0.717, 1.165) is 0 Å². The Morgan fingerprint density at radius 1 is 0.302 bits per heavy atom. The number of fused-ring (bicyclic) bond motifs is 7. The molecule has 0 radical (unpaired) electrons. The zero-order chi connectivity index (χ0) is 28.3. The minimum atomic E-state index is 1.24. The first-order valence-corrected chi connectivity index (χ1v) is 15.6. The predicted octanol–water partition coefficient (Wildman–Crippen LogP) is 12.5. The smallest absolute Gasteiger partial charge is 0.0361 e. The van der Waals surface area contributed by atoms with Gasteiger partial charge in [-0.2, -0.15) is 0 Å². The monoisotopic (exact) mass is 562 g/mol. The van der Waals surface area contributed by atoms with Crippen molar-refractivity contribution in [2.75, 3.05) is 0 Å². The first-order chi connectivity index (χ1) is 21.3. The third-order valence-electron chi connectivity index (χ3n) is 8.86. The molecule has 0 atom stereocenters. The molecule has 200 valence electrons. The molecular weight excluding hydrogens is 537 g/mol. The van der Waals surface area contributed by atoms with Crippen LogP contribution in [0.3, 0.4) is 0 Å². The Morgan fingerprint density at radius 3 is 1.47 bits per heavy atom. The quantitative estimate of drug-likeness (QED) is 0.188. The van der Waals surface area contributed by atoms with Crippen molar-refractivity contribution < 1.29 is 0 Å². The standard InChI is InChI=1S/C42H26S/c1-2-11-29(12-3-1)40-33-14-6-8-16-35(33)41(36-17-9-7-15-34(36)40)30-20-18-27(19-21-30)31-22-24-37-39(26-31)43-38-25-23-28-10-4-5-13-32(28)42(37)38/h1-26H. The molecule has 0 saturated carbocycles. The van der Waals surface area contributed by atoms with E-state index in [1.807, 2.05) is 11.3 Å². The lowest BCUT2D eigenvalue weighted by Crippen LogP contribution is -1.90. The van der Waals surface area contributed by atoms with Gasteiger partial charge in [0, 0.05) is 20.2 Å². The zero-order valence-electron chi connectivity index (χ0n) is 23.4. The number of hydrogen-bond donors (Lipinski definition) is 0. The van der Waals surface area contributed by atoms with Crippen LogP contribution in [0.4, 0.5) is 0 Å². The molecule has 0 aliphatic rings. The molecule has 9 aromatic rings. The highest BCUT2D eigenvalue weighted by Gasteiger charge is 2.16. The number of hydrogen-bond acceptors (Lipinski definition) is 1. The summed E-state index contributed by atoms with van der Waals surface area (Å²) in [7, 11) is 0. The third-order valence-corrected chi connectivity index (χ3v) is 9.98. The molecule has 0 saturated heterocycles. The molecule has 0 spiro atoms. The summed E-state index contributed by atoms with van der Waals surface area (Å²) in [5, 5.41) is 10.5. The molecule has 8 aromatic carbocycles. The summed E-state index contributed by atoms with van der Waals surface area (Å²) in [6.07, 6.45) is 0. The largest absolute Gasteiger partial charge is 0.135 e. The SMILES string of the molecule is c1ccc(-c2c3ccccc3c(-c3ccc(-c4ccc5c(c4)sc4ccc6ccccc6c45)cc3)c3ccccc23)cc1. The van der Waals surface area contributed by atoms with Gasteiger partial charge in [-0.05, 0) is 77.8 Å². The first-order valence-electron chi connectivity index (χ1n) is 14.8. The molecule has 0 aliphatic heterocycles. The van der Waals surface area contributed by atoms with Crippen LogP contribution < -0.4 is 0 Å². The Hall–Kier alpha value is -5.24. The van der Waals surface area contributed by atoms with E-state index in [-0.39, 0.29) is 0 Å². The van der Waals surface area contributed by atoms with Crippen LogP contribution >= 0.6 is 11.3 Å². The summed E-state index contributed by atoms with van der Waals surface area (Å²) in [6, 6.07) is 57.9. The average Bonchev–Trinajstić information content (AvgIpc) is 3.46. The highest BCUT2D eigenvalue weighted by Crippen LogP contribution is 2.44. The van der Waals surface area contributed by atoms with Gasteiger partial charge in [0.2, 0.25) is 0 Å². The van der Waals surface area contributed by atoms with Gasteiger partial charge in [-0.3, -0.25) is 0 Å². The van der Waals surface area contributed by atoms with Gasteiger partial charge in [0.05, 0.1) is 0 Å². The van der Waals surface area contributed by atoms with E-state index in [4.69, 9.17) is 0 Å². The van der Waals surface area contributed by atoms with Crippen LogP contribution in [0.15, 0.2) is 158 Å². The third kappa shape index (κ3) is 3.82. The van der Waals surface area contributed by atoms with Crippen molar-refractivity contribution in [1.82, 2.24) is 0 Å². The van der Waals surface area contributed by atoms with Gasteiger partial charge in [0.1, 0.15) is 0 Å². The lowest BCUT2D eigenvalue weighted by Gasteiger charge is -2.18. The fraction of sp³-hybridized carbons (Fsp3) is 0. The van der Waals surface area contributed by atoms with Gasteiger partial charge in [-0.1, -0.05) is 146 Å². The summed E-state index contributed by atoms with van der Waals surface area (Å²) in [5.74, 6) is 0. The lowest BCUT2D eigenvalue weighted by atomic mass is 9.86. The van der Waals surface area contributed by atoms with Crippen molar-refractivity contribution in [2.24, 2.45) is 0 Å². The van der Waals surface area contributed by atoms with E-state index >= 15 is 0 Å². The summed E-state index contributed by atoms with van der Waals surface area (Å²) in [6.45, 7) is 0. The van der Waals surface area contributed by atoms with Crippen molar-refractivity contribution in [1.29, 1.82) is 0 Å². The minimum absolute atomic E-state index is 1.24. The van der Waals surface area contributed by atoms with Crippen molar-refractivity contribution in [3.8, 4) is 33.4 Å². The first kappa shape index (κ1) is 24.4. The second kappa shape index (κ2) is 9.66. The van der Waals surface area contributed by atoms with Crippen LogP contribution in [-0.4, -0.2) is 0 Å². The Bertz CT molecular complexity index is 2420. The van der Waals surface area contributed by atoms with Gasteiger partial charge in [-0.15, -0.1) is 11.3 Å². The maximum absolute atomic E-state index is 2.36. The molecule has 0 nitrogen and oxygen atoms in total. The van der Waals surface area contributed by atoms with Crippen LogP contribution in [-0.2, 0) is 0 Å². The molecule has 0 unspecified atom stereocenters. The van der Waals surface area contributed by atoms with E-state index in [2.05, 4.69) is 158 Å². The molecule has 1 heteroatoms. The summed E-state index contributed by atoms with van der Waals surface area (Å²) < 4.78 is 2.68. The average molecular weight is 563 g/mol. The zero-order valence-corrected chi connectivity index (χ0v) is 24.2. The van der Waals surface area contributed by atoms with E-state index in [1.54, 1.807) is 0 Å². The topological polar surface area (TPSA) is 0 Å². The molecule has 0 amide bonds. The van der Waals surface area contributed by atoms with Crippen LogP contribution in [0.1, 0.15) is 0 Å². The normalized spacial score (nSPS) is 11.7. The van der Waals surface area contributed by atoms with E-state index in [0.29, 0.717) is 0 Å². The molecular formula is C42H26S. The number of thiophene rings is 1. The second-order valence-corrected chi connectivity index (χ2v) is 12.3. The van der Waals surface area contributed by atoms with Gasteiger partial charge in [0.15, 0.2) is 0 Å². The summed E-state index contributed by atoms with van der Waals surface area (Å²) in [5.41, 5.74) is 7.58. The van der Waals surface area contributed by atoms with Gasteiger partial charge < -0.3 is 0 Å². The van der Waals surface area contributed by atoms with Gasteiger partial charge in [-0.25, -0.2) is 0 Å². The van der Waals surface area contributed by atoms with Crippen molar-refractivity contribution in [3.63, 3.8) is 0 Å². The van der Waals surface area contributed by atoms with Crippen molar-refractivity contribution >= 4 is 63.8 Å². The van der Waals surface area contributed by atoms with Crippen LogP contribution in [0.25, 0.3) is 85.9 Å². The van der Waals surface area contributed by atoms with Crippen LogP contribution in [0, 0.1) is 0 Å². The van der Waals surface area contributed by atoms with Gasteiger partial charge in [0.25, 0.3) is 0 Å². The second-order valence-electron chi connectivity index (χ2n) is 11.3. The summed E-state index contributed by atoms with van der Waals surface area (Å²) >= 11 is 1.89. The maximum atomic E-state index is 2.36. The minimum Gasteiger partial charge on any atom is -0.135 e. The van der Waals surface area contributed by atoms with Crippen LogP contribution in [0.5, 0.6) is 0 Å². The summed E-state index contributed by atoms with van der Waals surface area (Å²) in [4.78, 5) is 0. The van der Waals surface area contributed by atoms with Gasteiger partial charge >= 0.3 is 0 Å². The predicted molar refractivity (Wildman–Crippen MR) is 188 cm³/mol. The van der Waals surface area contributed by atoms with E-state index in [9.17, 15) is 0 Å². The maximum Gasteiger partial charge on any atom is 0.0361 e. The lowest BCUT2D eigenvalue weighted by molar-refractivity contribution is 1.63. The Morgan fingerprint density at radius 2 is 0.814 bits per heavy atom. The molecule has 1 heterocycles. The Balaban J connectivity index is 1.20. The fourth-order valence-corrected chi connectivity index (χ4v) is 8.07. The number of rotatable bonds is 3. The van der Waals surface area contributed by atoms with Crippen LogP contribution in [0.2, 0.25) is 0 Å². The van der Waals surface area contributed by atoms with Crippen molar-refractivity contribution in [2.45, 2.75) is 0 Å².